The number of thiophene rings is 1. The Hall–Kier alpha value is -0.620. The zero-order valence-electron chi connectivity index (χ0n) is 8.56. The van der Waals surface area contributed by atoms with Crippen LogP contribution in [0.15, 0.2) is 34.1 Å². The van der Waals surface area contributed by atoms with Crippen LogP contribution in [0.5, 0.6) is 5.75 Å². The fraction of sp³-hybridized carbons (Fsp3) is 0.0909. The minimum Gasteiger partial charge on any atom is -0.506 e. The molecule has 0 amide bonds. The number of aromatic hydroxyl groups is 1. The first-order chi connectivity index (χ1) is 7.59. The van der Waals surface area contributed by atoms with Gasteiger partial charge in [0, 0.05) is 10.4 Å². The van der Waals surface area contributed by atoms with Gasteiger partial charge in [0.25, 0.3) is 0 Å². The third-order valence-corrected chi connectivity index (χ3v) is 3.80. The van der Waals surface area contributed by atoms with Crippen molar-refractivity contribution in [2.24, 2.45) is 5.73 Å². The van der Waals surface area contributed by atoms with E-state index in [4.69, 9.17) is 5.73 Å². The first-order valence-corrected chi connectivity index (χ1v) is 6.23. The molecule has 0 unspecified atom stereocenters. The maximum atomic E-state index is 13.2. The molecule has 6 heteroatoms. The van der Waals surface area contributed by atoms with Gasteiger partial charge in [-0.25, -0.2) is 4.39 Å². The van der Waals surface area contributed by atoms with Gasteiger partial charge in [0.1, 0.15) is 11.6 Å². The van der Waals surface area contributed by atoms with Crippen molar-refractivity contribution in [2.45, 2.75) is 6.04 Å². The van der Waals surface area contributed by atoms with Crippen LogP contribution in [0.2, 0.25) is 0 Å². The second-order valence-electron chi connectivity index (χ2n) is 3.32. The van der Waals surface area contributed by atoms with Crippen LogP contribution in [0, 0.1) is 5.82 Å². The van der Waals surface area contributed by atoms with Crippen molar-refractivity contribution in [3.05, 3.63) is 50.4 Å². The number of nitrogens with two attached hydrogens (primary N) is 1. The lowest BCUT2D eigenvalue weighted by molar-refractivity contribution is 0.459. The molecule has 2 nitrogen and oxygen atoms in total. The maximum absolute atomic E-state index is 13.2. The average Bonchev–Trinajstić information content (AvgIpc) is 2.75. The molecule has 0 aliphatic carbocycles. The molecule has 3 N–H and O–H groups in total. The molecule has 0 saturated carbocycles. The molecule has 0 radical (unpaired) electrons. The number of hydrogen-bond acceptors (Lipinski definition) is 3. The van der Waals surface area contributed by atoms with Crippen LogP contribution in [0.1, 0.15) is 16.5 Å². The Morgan fingerprint density at radius 3 is 2.71 bits per heavy atom. The van der Waals surface area contributed by atoms with Crippen molar-refractivity contribution in [3.8, 4) is 5.75 Å². The Labute approximate surface area is 117 Å². The van der Waals surface area contributed by atoms with Crippen molar-refractivity contribution in [1.29, 1.82) is 0 Å². The number of halogens is 3. The highest BCUT2D eigenvalue weighted by molar-refractivity contribution is 9.10. The van der Waals surface area contributed by atoms with Gasteiger partial charge in [-0.1, -0.05) is 6.07 Å². The van der Waals surface area contributed by atoms with E-state index in [1.165, 1.54) is 23.5 Å². The van der Waals surface area contributed by atoms with Gasteiger partial charge in [0.2, 0.25) is 0 Å². The van der Waals surface area contributed by atoms with E-state index in [1.807, 2.05) is 17.5 Å². The fourth-order valence-corrected chi connectivity index (χ4v) is 2.64. The van der Waals surface area contributed by atoms with Crippen molar-refractivity contribution >= 4 is 39.7 Å². The quantitative estimate of drug-likeness (QED) is 0.874. The van der Waals surface area contributed by atoms with Crippen LogP contribution in [0.4, 0.5) is 4.39 Å². The molecule has 0 aliphatic rings. The van der Waals surface area contributed by atoms with Gasteiger partial charge in [0.05, 0.1) is 10.5 Å². The molecule has 17 heavy (non-hydrogen) atoms. The molecular formula is C11H10BrClFNOS. The molecule has 0 fully saturated rings. The highest BCUT2D eigenvalue weighted by Crippen LogP contribution is 2.35. The first kappa shape index (κ1) is 14.4. The van der Waals surface area contributed by atoms with Gasteiger partial charge in [-0.05, 0) is 39.5 Å². The third kappa shape index (κ3) is 2.98. The summed E-state index contributed by atoms with van der Waals surface area (Å²) in [6, 6.07) is 5.68. The molecular weight excluding hydrogens is 329 g/mol. The van der Waals surface area contributed by atoms with E-state index in [-0.39, 0.29) is 18.2 Å². The van der Waals surface area contributed by atoms with Crippen molar-refractivity contribution in [2.75, 3.05) is 0 Å². The number of phenolic OH excluding ortho intramolecular Hbond substituents is 1. The highest BCUT2D eigenvalue weighted by Gasteiger charge is 2.17. The van der Waals surface area contributed by atoms with E-state index >= 15 is 0 Å². The lowest BCUT2D eigenvalue weighted by Gasteiger charge is -2.13. The molecule has 2 aromatic rings. The first-order valence-electron chi connectivity index (χ1n) is 4.56. The van der Waals surface area contributed by atoms with Gasteiger partial charge in [0.15, 0.2) is 0 Å². The molecule has 1 aromatic heterocycles. The normalized spacial score (nSPS) is 11.9. The topological polar surface area (TPSA) is 46.2 Å². The average molecular weight is 339 g/mol. The summed E-state index contributed by atoms with van der Waals surface area (Å²) in [4.78, 5) is 0.882. The minimum atomic E-state index is -0.507. The SMILES string of the molecule is Cl.N[C@H](c1cccs1)c1cc(F)cc(Br)c1O. The number of phenols is 1. The Morgan fingerprint density at radius 1 is 1.41 bits per heavy atom. The van der Waals surface area contributed by atoms with Gasteiger partial charge in [-0.15, -0.1) is 23.7 Å². The molecule has 0 aliphatic heterocycles. The summed E-state index contributed by atoms with van der Waals surface area (Å²) in [5.74, 6) is -0.436. The summed E-state index contributed by atoms with van der Waals surface area (Å²) in [6.07, 6.45) is 0. The van der Waals surface area contributed by atoms with E-state index < -0.39 is 11.9 Å². The molecule has 1 heterocycles. The van der Waals surface area contributed by atoms with Crippen LogP contribution in [-0.2, 0) is 0 Å². The van der Waals surface area contributed by atoms with Gasteiger partial charge in [-0.2, -0.15) is 0 Å². The number of benzene rings is 1. The van der Waals surface area contributed by atoms with Crippen molar-refractivity contribution in [1.82, 2.24) is 0 Å². The van der Waals surface area contributed by atoms with E-state index in [0.29, 0.717) is 10.0 Å². The van der Waals surface area contributed by atoms with Crippen LogP contribution >= 0.6 is 39.7 Å². The van der Waals surface area contributed by atoms with Crippen molar-refractivity contribution in [3.63, 3.8) is 0 Å². The van der Waals surface area contributed by atoms with Crippen LogP contribution < -0.4 is 5.73 Å². The summed E-state index contributed by atoms with van der Waals surface area (Å²) in [6.45, 7) is 0. The maximum Gasteiger partial charge on any atom is 0.135 e. The predicted octanol–water partition coefficient (Wildman–Crippen LogP) is 3.83. The zero-order chi connectivity index (χ0) is 11.7. The van der Waals surface area contributed by atoms with E-state index in [0.717, 1.165) is 4.88 Å². The van der Waals surface area contributed by atoms with Gasteiger partial charge < -0.3 is 10.8 Å². The van der Waals surface area contributed by atoms with Crippen LogP contribution in [-0.4, -0.2) is 5.11 Å². The summed E-state index contributed by atoms with van der Waals surface area (Å²) in [7, 11) is 0. The predicted molar refractivity (Wildman–Crippen MR) is 73.4 cm³/mol. The summed E-state index contributed by atoms with van der Waals surface area (Å²) in [5.41, 5.74) is 6.35. The second kappa shape index (κ2) is 5.82. The summed E-state index contributed by atoms with van der Waals surface area (Å²) in [5, 5.41) is 11.7. The Morgan fingerprint density at radius 2 is 2.12 bits per heavy atom. The largest absolute Gasteiger partial charge is 0.506 e. The van der Waals surface area contributed by atoms with Gasteiger partial charge in [-0.3, -0.25) is 0 Å². The van der Waals surface area contributed by atoms with Crippen molar-refractivity contribution < 1.29 is 9.50 Å². The molecule has 0 bridgehead atoms. The fourth-order valence-electron chi connectivity index (χ4n) is 1.44. The monoisotopic (exact) mass is 337 g/mol. The van der Waals surface area contributed by atoms with Crippen LogP contribution in [0.25, 0.3) is 0 Å². The molecule has 92 valence electrons. The second-order valence-corrected chi connectivity index (χ2v) is 5.15. The molecule has 1 aromatic carbocycles. The Kier molecular flexibility index (Phi) is 4.94. The summed E-state index contributed by atoms with van der Waals surface area (Å²) >= 11 is 4.56. The highest BCUT2D eigenvalue weighted by atomic mass is 79.9. The van der Waals surface area contributed by atoms with Crippen LogP contribution in [0.3, 0.4) is 0 Å². The zero-order valence-corrected chi connectivity index (χ0v) is 11.8. The Bertz CT molecular complexity index is 506. The summed E-state index contributed by atoms with van der Waals surface area (Å²) < 4.78 is 13.5. The Balaban J connectivity index is 0.00000144. The third-order valence-electron chi connectivity index (χ3n) is 2.24. The molecule has 2 rings (SSSR count). The van der Waals surface area contributed by atoms with E-state index in [2.05, 4.69) is 15.9 Å². The smallest absolute Gasteiger partial charge is 0.135 e. The standard InChI is InChI=1S/C11H9BrFNOS.ClH/c12-8-5-6(13)4-7(11(8)15)10(14)9-2-1-3-16-9;/h1-5,10,15H,14H2;1H/t10-;/m0./s1. The number of hydrogen-bond donors (Lipinski definition) is 2. The number of rotatable bonds is 2. The molecule has 1 atom stereocenters. The lowest BCUT2D eigenvalue weighted by atomic mass is 10.1. The molecule has 0 spiro atoms. The van der Waals surface area contributed by atoms with E-state index in [9.17, 15) is 9.50 Å². The van der Waals surface area contributed by atoms with E-state index in [1.54, 1.807) is 0 Å². The van der Waals surface area contributed by atoms with Gasteiger partial charge >= 0.3 is 0 Å². The lowest BCUT2D eigenvalue weighted by Crippen LogP contribution is -2.10. The minimum absolute atomic E-state index is 0. The molecule has 0 saturated heterocycles.